The Labute approximate surface area is 133 Å². The molecule has 5 heteroatoms. The van der Waals surface area contributed by atoms with Gasteiger partial charge in [0.2, 0.25) is 5.91 Å². The zero-order valence-corrected chi connectivity index (χ0v) is 13.9. The third-order valence-electron chi connectivity index (χ3n) is 3.91. The van der Waals surface area contributed by atoms with Gasteiger partial charge in [-0.25, -0.2) is 0 Å². The van der Waals surface area contributed by atoms with Gasteiger partial charge >= 0.3 is 0 Å². The Bertz CT molecular complexity index is 515. The summed E-state index contributed by atoms with van der Waals surface area (Å²) in [7, 11) is -1.23. The second kappa shape index (κ2) is 7.95. The van der Waals surface area contributed by atoms with Crippen molar-refractivity contribution in [3.63, 3.8) is 0 Å². The largest absolute Gasteiger partial charge is 0.352 e. The monoisotopic (exact) mass is 327 g/mol. The van der Waals surface area contributed by atoms with Crippen molar-refractivity contribution in [2.24, 2.45) is 0 Å². The van der Waals surface area contributed by atoms with Crippen LogP contribution in [0.5, 0.6) is 0 Å². The van der Waals surface area contributed by atoms with Gasteiger partial charge in [-0.2, -0.15) is 0 Å². The third-order valence-corrected chi connectivity index (χ3v) is 5.77. The molecule has 21 heavy (non-hydrogen) atoms. The second-order valence-electron chi connectivity index (χ2n) is 5.64. The summed E-state index contributed by atoms with van der Waals surface area (Å²) in [5.41, 5.74) is 0.901. The van der Waals surface area contributed by atoms with Crippen molar-refractivity contribution in [3.8, 4) is 0 Å². The molecular formula is C16H22ClNO2S. The molecule has 0 radical (unpaired) electrons. The smallest absolute Gasteiger partial charge is 0.235 e. The highest BCUT2D eigenvalue weighted by Crippen LogP contribution is 2.18. The summed E-state index contributed by atoms with van der Waals surface area (Å²) in [4.78, 5) is 12.2. The van der Waals surface area contributed by atoms with Crippen molar-refractivity contribution in [2.75, 3.05) is 0 Å². The highest BCUT2D eigenvalue weighted by molar-refractivity contribution is 7.85. The van der Waals surface area contributed by atoms with Gasteiger partial charge in [-0.3, -0.25) is 9.00 Å². The van der Waals surface area contributed by atoms with E-state index in [9.17, 15) is 9.00 Å². The quantitative estimate of drug-likeness (QED) is 0.900. The lowest BCUT2D eigenvalue weighted by Crippen LogP contribution is -2.42. The average Bonchev–Trinajstić information content (AvgIpc) is 2.47. The van der Waals surface area contributed by atoms with E-state index in [4.69, 9.17) is 11.6 Å². The predicted molar refractivity (Wildman–Crippen MR) is 87.8 cm³/mol. The minimum absolute atomic E-state index is 0.0951. The maximum Gasteiger partial charge on any atom is 0.235 e. The van der Waals surface area contributed by atoms with Crippen molar-refractivity contribution in [1.29, 1.82) is 0 Å². The molecule has 0 heterocycles. The van der Waals surface area contributed by atoms with Gasteiger partial charge in [-0.1, -0.05) is 43.0 Å². The van der Waals surface area contributed by atoms with E-state index in [0.717, 1.165) is 18.4 Å². The third kappa shape index (κ3) is 5.11. The number of hydrogen-bond acceptors (Lipinski definition) is 2. The Hall–Kier alpha value is -0.870. The van der Waals surface area contributed by atoms with Gasteiger partial charge < -0.3 is 5.32 Å². The van der Waals surface area contributed by atoms with Gasteiger partial charge in [0, 0.05) is 27.6 Å². The van der Waals surface area contributed by atoms with E-state index in [0.29, 0.717) is 10.8 Å². The van der Waals surface area contributed by atoms with Crippen LogP contribution < -0.4 is 5.32 Å². The van der Waals surface area contributed by atoms with Gasteiger partial charge in [-0.05, 0) is 37.5 Å². The van der Waals surface area contributed by atoms with Crippen molar-refractivity contribution >= 4 is 28.3 Å². The molecule has 0 aliphatic heterocycles. The van der Waals surface area contributed by atoms with Crippen LogP contribution in [0.3, 0.4) is 0 Å². The first-order valence-electron chi connectivity index (χ1n) is 7.48. The normalized spacial score (nSPS) is 19.0. The summed E-state index contributed by atoms with van der Waals surface area (Å²) in [6.45, 7) is 1.73. The molecule has 1 amide bonds. The summed E-state index contributed by atoms with van der Waals surface area (Å²) in [5.74, 6) is 0.266. The molecule has 0 saturated heterocycles. The molecule has 1 aliphatic rings. The molecule has 1 saturated carbocycles. The van der Waals surface area contributed by atoms with Crippen LogP contribution in [-0.2, 0) is 21.3 Å². The Morgan fingerprint density at radius 2 is 2.10 bits per heavy atom. The molecule has 1 aromatic carbocycles. The van der Waals surface area contributed by atoms with Crippen LogP contribution in [-0.4, -0.2) is 21.4 Å². The van der Waals surface area contributed by atoms with Crippen LogP contribution in [0.25, 0.3) is 0 Å². The second-order valence-corrected chi connectivity index (χ2v) is 7.83. The predicted octanol–water partition coefficient (Wildman–Crippen LogP) is 3.43. The summed E-state index contributed by atoms with van der Waals surface area (Å²) >= 11 is 5.92. The number of benzene rings is 1. The van der Waals surface area contributed by atoms with Crippen molar-refractivity contribution in [2.45, 2.75) is 56.1 Å². The Morgan fingerprint density at radius 1 is 1.38 bits per heavy atom. The molecule has 0 spiro atoms. The number of rotatable bonds is 5. The number of amides is 1. The fraction of sp³-hybridized carbons (Fsp3) is 0.562. The van der Waals surface area contributed by atoms with E-state index < -0.39 is 16.0 Å². The standard InChI is InChI=1S/C16H22ClNO2S/c1-12(16(19)18-15-8-3-2-4-9-15)21(20)11-13-6-5-7-14(17)10-13/h5-7,10,12,15H,2-4,8-9,11H2,1H3,(H,18,19). The summed E-state index contributed by atoms with van der Waals surface area (Å²) in [6, 6.07) is 7.56. The molecule has 1 fully saturated rings. The first-order valence-corrected chi connectivity index (χ1v) is 9.24. The first kappa shape index (κ1) is 16.5. The van der Waals surface area contributed by atoms with Crippen LogP contribution >= 0.6 is 11.6 Å². The minimum atomic E-state index is -1.23. The summed E-state index contributed by atoms with van der Waals surface area (Å²) in [5, 5.41) is 3.17. The van der Waals surface area contributed by atoms with Crippen molar-refractivity contribution < 1.29 is 9.00 Å². The molecule has 1 aromatic rings. The Balaban J connectivity index is 1.87. The maximum atomic E-state index is 12.3. The van der Waals surface area contributed by atoms with E-state index in [1.54, 1.807) is 19.1 Å². The zero-order chi connectivity index (χ0) is 15.2. The first-order chi connectivity index (χ1) is 10.1. The molecule has 116 valence electrons. The number of carbonyl (C=O) groups is 1. The molecule has 1 N–H and O–H groups in total. The highest BCUT2D eigenvalue weighted by atomic mass is 35.5. The van der Waals surface area contributed by atoms with Crippen molar-refractivity contribution in [1.82, 2.24) is 5.32 Å². The lowest BCUT2D eigenvalue weighted by atomic mass is 9.95. The van der Waals surface area contributed by atoms with Gasteiger partial charge in [0.1, 0.15) is 5.25 Å². The van der Waals surface area contributed by atoms with Crippen LogP contribution in [0.1, 0.15) is 44.6 Å². The SMILES string of the molecule is CC(C(=O)NC1CCCCC1)S(=O)Cc1cccc(Cl)c1. The fourth-order valence-corrected chi connectivity index (χ4v) is 3.88. The Kier molecular flexibility index (Phi) is 6.24. The van der Waals surface area contributed by atoms with Gasteiger partial charge in [0.05, 0.1) is 0 Å². The van der Waals surface area contributed by atoms with E-state index >= 15 is 0 Å². The molecule has 2 unspecified atom stereocenters. The molecule has 1 aliphatic carbocycles. The molecule has 3 nitrogen and oxygen atoms in total. The van der Waals surface area contributed by atoms with Crippen molar-refractivity contribution in [3.05, 3.63) is 34.9 Å². The van der Waals surface area contributed by atoms with Gasteiger partial charge in [0.25, 0.3) is 0 Å². The molecule has 2 atom stereocenters. The topological polar surface area (TPSA) is 46.2 Å². The van der Waals surface area contributed by atoms with E-state index in [1.807, 2.05) is 12.1 Å². The van der Waals surface area contributed by atoms with Gasteiger partial charge in [-0.15, -0.1) is 0 Å². The van der Waals surface area contributed by atoms with E-state index in [2.05, 4.69) is 5.32 Å². The lowest BCUT2D eigenvalue weighted by Gasteiger charge is -2.24. The van der Waals surface area contributed by atoms with Crippen LogP contribution in [0, 0.1) is 0 Å². The number of halogens is 1. The molecule has 2 rings (SSSR count). The van der Waals surface area contributed by atoms with Crippen LogP contribution in [0.2, 0.25) is 5.02 Å². The number of carbonyl (C=O) groups excluding carboxylic acids is 1. The fourth-order valence-electron chi connectivity index (χ4n) is 2.60. The summed E-state index contributed by atoms with van der Waals surface area (Å²) < 4.78 is 12.3. The maximum absolute atomic E-state index is 12.3. The highest BCUT2D eigenvalue weighted by Gasteiger charge is 2.23. The molecule has 0 aromatic heterocycles. The number of hydrogen-bond donors (Lipinski definition) is 1. The van der Waals surface area contributed by atoms with E-state index in [-0.39, 0.29) is 11.9 Å². The minimum Gasteiger partial charge on any atom is -0.352 e. The van der Waals surface area contributed by atoms with E-state index in [1.165, 1.54) is 19.3 Å². The summed E-state index contributed by atoms with van der Waals surface area (Å²) in [6.07, 6.45) is 5.68. The number of nitrogens with one attached hydrogen (secondary N) is 1. The van der Waals surface area contributed by atoms with Crippen LogP contribution in [0.15, 0.2) is 24.3 Å². The lowest BCUT2D eigenvalue weighted by molar-refractivity contribution is -0.121. The average molecular weight is 328 g/mol. The molecular weight excluding hydrogens is 306 g/mol. The Morgan fingerprint density at radius 3 is 2.76 bits per heavy atom. The molecule has 0 bridgehead atoms. The zero-order valence-electron chi connectivity index (χ0n) is 12.3. The van der Waals surface area contributed by atoms with Crippen LogP contribution in [0.4, 0.5) is 0 Å². The van der Waals surface area contributed by atoms with Gasteiger partial charge in [0.15, 0.2) is 0 Å².